The zero-order valence-electron chi connectivity index (χ0n) is 13.2. The van der Waals surface area contributed by atoms with Crippen LogP contribution in [-0.4, -0.2) is 37.7 Å². The van der Waals surface area contributed by atoms with Crippen LogP contribution in [0.2, 0.25) is 0 Å². The first-order chi connectivity index (χ1) is 9.69. The molecule has 2 unspecified atom stereocenters. The standard InChI is InChI=1S/C14H24N2O3S2/c1-10-8-13(15-4)9-11(2)14(10)21(18,19)16-7-6-12(3)20(5)17/h8-9,12,15-16H,6-7H2,1-5H3. The maximum atomic E-state index is 12.4. The molecule has 5 nitrogen and oxygen atoms in total. The summed E-state index contributed by atoms with van der Waals surface area (Å²) in [5, 5.41) is 2.98. The van der Waals surface area contributed by atoms with E-state index in [2.05, 4.69) is 10.0 Å². The van der Waals surface area contributed by atoms with Crippen molar-refractivity contribution in [3.05, 3.63) is 23.3 Å². The number of nitrogens with one attached hydrogen (secondary N) is 2. The van der Waals surface area contributed by atoms with E-state index in [1.165, 1.54) is 0 Å². The van der Waals surface area contributed by atoms with Crippen LogP contribution in [0.15, 0.2) is 17.0 Å². The van der Waals surface area contributed by atoms with Gasteiger partial charge in [-0.05, 0) is 43.5 Å². The smallest absolute Gasteiger partial charge is 0.241 e. The molecule has 1 rings (SSSR count). The van der Waals surface area contributed by atoms with Crippen molar-refractivity contribution >= 4 is 26.5 Å². The molecular formula is C14H24N2O3S2. The minimum absolute atomic E-state index is 0.0263. The summed E-state index contributed by atoms with van der Waals surface area (Å²) in [6, 6.07) is 3.62. The molecule has 2 N–H and O–H groups in total. The molecule has 0 heterocycles. The second-order valence-corrected chi connectivity index (χ2v) is 8.69. The lowest BCUT2D eigenvalue weighted by molar-refractivity contribution is 0.576. The Kier molecular flexibility index (Phi) is 6.37. The second kappa shape index (κ2) is 7.38. The van der Waals surface area contributed by atoms with Gasteiger partial charge in [0.2, 0.25) is 10.0 Å². The Hall–Kier alpha value is -0.920. The maximum absolute atomic E-state index is 12.4. The van der Waals surface area contributed by atoms with Gasteiger partial charge in [-0.25, -0.2) is 13.1 Å². The largest absolute Gasteiger partial charge is 0.388 e. The minimum atomic E-state index is -3.54. The van der Waals surface area contributed by atoms with Crippen molar-refractivity contribution in [3.8, 4) is 0 Å². The number of anilines is 1. The van der Waals surface area contributed by atoms with E-state index >= 15 is 0 Å². The molecule has 0 radical (unpaired) electrons. The third kappa shape index (κ3) is 4.79. The number of rotatable bonds is 7. The third-order valence-corrected chi connectivity index (χ3v) is 6.56. The summed E-state index contributed by atoms with van der Waals surface area (Å²) in [7, 11) is -2.69. The zero-order valence-corrected chi connectivity index (χ0v) is 14.8. The van der Waals surface area contributed by atoms with Crippen LogP contribution in [0, 0.1) is 13.8 Å². The van der Waals surface area contributed by atoms with Gasteiger partial charge in [0.25, 0.3) is 0 Å². The fourth-order valence-corrected chi connectivity index (χ4v) is 4.10. The number of aryl methyl sites for hydroxylation is 2. The molecule has 0 aromatic heterocycles. The van der Waals surface area contributed by atoms with E-state index in [9.17, 15) is 12.6 Å². The Morgan fingerprint density at radius 1 is 1.24 bits per heavy atom. The van der Waals surface area contributed by atoms with Crippen molar-refractivity contribution in [3.63, 3.8) is 0 Å². The second-order valence-electron chi connectivity index (χ2n) is 5.18. The lowest BCUT2D eigenvalue weighted by Crippen LogP contribution is -2.28. The molecule has 0 aliphatic heterocycles. The first-order valence-corrected chi connectivity index (χ1v) is 9.90. The van der Waals surface area contributed by atoms with Crippen LogP contribution in [0.25, 0.3) is 0 Å². The van der Waals surface area contributed by atoms with Gasteiger partial charge >= 0.3 is 0 Å². The molecule has 0 saturated heterocycles. The predicted octanol–water partition coefficient (Wildman–Crippen LogP) is 1.78. The van der Waals surface area contributed by atoms with Crippen LogP contribution in [0.5, 0.6) is 0 Å². The maximum Gasteiger partial charge on any atom is 0.241 e. The van der Waals surface area contributed by atoms with Crippen LogP contribution in [-0.2, 0) is 20.8 Å². The highest BCUT2D eigenvalue weighted by Crippen LogP contribution is 2.24. The molecule has 0 saturated carbocycles. The van der Waals surface area contributed by atoms with E-state index in [4.69, 9.17) is 0 Å². The summed E-state index contributed by atoms with van der Waals surface area (Å²) in [6.07, 6.45) is 2.18. The predicted molar refractivity (Wildman–Crippen MR) is 88.8 cm³/mol. The van der Waals surface area contributed by atoms with Crippen molar-refractivity contribution < 1.29 is 12.6 Å². The summed E-state index contributed by atoms with van der Waals surface area (Å²) < 4.78 is 38.7. The molecule has 2 atom stereocenters. The molecule has 7 heteroatoms. The fourth-order valence-electron chi connectivity index (χ4n) is 2.15. The van der Waals surface area contributed by atoms with Gasteiger partial charge < -0.3 is 5.32 Å². The molecule has 1 aromatic rings. The van der Waals surface area contributed by atoms with Crippen LogP contribution in [0.3, 0.4) is 0 Å². The average molecular weight is 332 g/mol. The molecule has 0 fully saturated rings. The lowest BCUT2D eigenvalue weighted by Gasteiger charge is -2.15. The van der Waals surface area contributed by atoms with Gasteiger partial charge in [0.15, 0.2) is 0 Å². The summed E-state index contributed by atoms with van der Waals surface area (Å²) in [4.78, 5) is 0.326. The van der Waals surface area contributed by atoms with E-state index < -0.39 is 20.8 Å². The number of hydrogen-bond acceptors (Lipinski definition) is 4. The third-order valence-electron chi connectivity index (χ3n) is 3.43. The molecule has 0 bridgehead atoms. The summed E-state index contributed by atoms with van der Waals surface area (Å²) >= 11 is 0. The van der Waals surface area contributed by atoms with E-state index in [0.29, 0.717) is 22.4 Å². The highest BCUT2D eigenvalue weighted by Gasteiger charge is 2.20. The molecule has 21 heavy (non-hydrogen) atoms. The van der Waals surface area contributed by atoms with Gasteiger partial charge in [-0.2, -0.15) is 0 Å². The van der Waals surface area contributed by atoms with E-state index in [1.54, 1.807) is 27.2 Å². The first kappa shape index (κ1) is 18.1. The Bertz CT molecular complexity index is 604. The van der Waals surface area contributed by atoms with Crippen LogP contribution in [0.1, 0.15) is 24.5 Å². The number of sulfonamides is 1. The Balaban J connectivity index is 2.91. The Labute approximate surface area is 130 Å². The highest BCUT2D eigenvalue weighted by atomic mass is 32.2. The molecule has 0 spiro atoms. The topological polar surface area (TPSA) is 75.3 Å². The van der Waals surface area contributed by atoms with Crippen LogP contribution < -0.4 is 10.0 Å². The molecule has 0 aliphatic rings. The van der Waals surface area contributed by atoms with E-state index in [0.717, 1.165) is 5.69 Å². The van der Waals surface area contributed by atoms with Gasteiger partial charge in [0.1, 0.15) is 0 Å². The van der Waals surface area contributed by atoms with Crippen molar-refractivity contribution in [2.75, 3.05) is 25.2 Å². The summed E-state index contributed by atoms with van der Waals surface area (Å²) in [5.41, 5.74) is 2.30. The van der Waals surface area contributed by atoms with Gasteiger partial charge in [-0.1, -0.05) is 6.92 Å². The number of benzene rings is 1. The normalized spacial score (nSPS) is 14.7. The molecule has 0 amide bonds. The monoisotopic (exact) mass is 332 g/mol. The SMILES string of the molecule is CNc1cc(C)c(S(=O)(=O)NCCC(C)S(C)=O)c(C)c1. The first-order valence-electron chi connectivity index (χ1n) is 6.80. The molecule has 0 aliphatic carbocycles. The van der Waals surface area contributed by atoms with E-state index in [1.807, 2.05) is 19.1 Å². The molecular weight excluding hydrogens is 308 g/mol. The summed E-state index contributed by atoms with van der Waals surface area (Å²) in [6.45, 7) is 5.70. The Morgan fingerprint density at radius 3 is 2.19 bits per heavy atom. The van der Waals surface area contributed by atoms with Gasteiger partial charge in [-0.15, -0.1) is 0 Å². The molecule has 120 valence electrons. The van der Waals surface area contributed by atoms with Crippen molar-refractivity contribution in [1.82, 2.24) is 4.72 Å². The van der Waals surface area contributed by atoms with E-state index in [-0.39, 0.29) is 11.8 Å². The fraction of sp³-hybridized carbons (Fsp3) is 0.571. The highest BCUT2D eigenvalue weighted by molar-refractivity contribution is 7.89. The van der Waals surface area contributed by atoms with Gasteiger partial charge in [0, 0.05) is 41.6 Å². The quantitative estimate of drug-likeness (QED) is 0.798. The summed E-state index contributed by atoms with van der Waals surface area (Å²) in [5.74, 6) is 0. The minimum Gasteiger partial charge on any atom is -0.388 e. The van der Waals surface area contributed by atoms with Gasteiger partial charge in [0.05, 0.1) is 4.90 Å². The zero-order chi connectivity index (χ0) is 16.2. The lowest BCUT2D eigenvalue weighted by atomic mass is 10.1. The van der Waals surface area contributed by atoms with Crippen LogP contribution in [0.4, 0.5) is 5.69 Å². The van der Waals surface area contributed by atoms with Crippen molar-refractivity contribution in [2.24, 2.45) is 0 Å². The number of hydrogen-bond donors (Lipinski definition) is 2. The van der Waals surface area contributed by atoms with Crippen molar-refractivity contribution in [1.29, 1.82) is 0 Å². The van der Waals surface area contributed by atoms with Crippen molar-refractivity contribution in [2.45, 2.75) is 37.3 Å². The molecule has 1 aromatic carbocycles. The average Bonchev–Trinajstić information content (AvgIpc) is 2.36. The van der Waals surface area contributed by atoms with Gasteiger partial charge in [-0.3, -0.25) is 4.21 Å². The Morgan fingerprint density at radius 2 is 1.76 bits per heavy atom. The van der Waals surface area contributed by atoms with Crippen LogP contribution >= 0.6 is 0 Å².